The first-order chi connectivity index (χ1) is 8.95. The van der Waals surface area contributed by atoms with Crippen molar-refractivity contribution >= 4 is 0 Å². The van der Waals surface area contributed by atoms with Gasteiger partial charge in [0.25, 0.3) is 0 Å². The smallest absolute Gasteiger partial charge is 0.0158 e. The molecule has 0 aromatic carbocycles. The van der Waals surface area contributed by atoms with Crippen LogP contribution in [0.3, 0.4) is 0 Å². The summed E-state index contributed by atoms with van der Waals surface area (Å²) in [6.45, 7) is 16.1. The summed E-state index contributed by atoms with van der Waals surface area (Å²) in [4.78, 5) is 2.93. The lowest BCUT2D eigenvalue weighted by atomic mass is 9.74. The van der Waals surface area contributed by atoms with Crippen molar-refractivity contribution in [3.63, 3.8) is 0 Å². The number of nitrogens with zero attached hydrogens (tertiary/aromatic N) is 1. The molecule has 2 aliphatic heterocycles. The number of fused-ring (bicyclic) bond motifs is 1. The second-order valence-corrected chi connectivity index (χ2v) is 7.94. The van der Waals surface area contributed by atoms with Gasteiger partial charge >= 0.3 is 0 Å². The van der Waals surface area contributed by atoms with Crippen molar-refractivity contribution in [2.45, 2.75) is 79.3 Å². The lowest BCUT2D eigenvalue weighted by Crippen LogP contribution is -2.49. The van der Waals surface area contributed by atoms with E-state index in [0.717, 1.165) is 41.7 Å². The molecule has 0 saturated carbocycles. The monoisotopic (exact) mass is 265 g/mol. The van der Waals surface area contributed by atoms with Crippen LogP contribution in [-0.2, 0) is 0 Å². The second-order valence-electron chi connectivity index (χ2n) is 7.94. The highest BCUT2D eigenvalue weighted by atomic mass is 15.2. The van der Waals surface area contributed by atoms with E-state index in [0.29, 0.717) is 0 Å². The molecule has 2 heterocycles. The molecule has 0 aromatic heterocycles. The molecule has 19 heavy (non-hydrogen) atoms. The number of rotatable bonds is 4. The Kier molecular flexibility index (Phi) is 4.98. The molecule has 2 aliphatic rings. The van der Waals surface area contributed by atoms with Gasteiger partial charge in [0.05, 0.1) is 0 Å². The minimum absolute atomic E-state index is 0.818. The van der Waals surface area contributed by atoms with Gasteiger partial charge in [-0.25, -0.2) is 0 Å². The fraction of sp³-hybridized carbons (Fsp3) is 1.00. The normalized spacial score (nSPS) is 39.3. The first-order valence-corrected chi connectivity index (χ1v) is 8.71. The molecule has 0 bridgehead atoms. The molecular weight excluding hydrogens is 230 g/mol. The maximum absolute atomic E-state index is 2.93. The maximum atomic E-state index is 2.93. The van der Waals surface area contributed by atoms with E-state index in [4.69, 9.17) is 0 Å². The van der Waals surface area contributed by atoms with Gasteiger partial charge < -0.3 is 0 Å². The van der Waals surface area contributed by atoms with E-state index in [2.05, 4.69) is 46.4 Å². The SMILES string of the molecule is CCC(C)C(C(C)C)C1C(C)CC2CCC(C)CN21. The summed E-state index contributed by atoms with van der Waals surface area (Å²) < 4.78 is 0. The quantitative estimate of drug-likeness (QED) is 0.705. The topological polar surface area (TPSA) is 3.24 Å². The zero-order valence-corrected chi connectivity index (χ0v) is 14.0. The first kappa shape index (κ1) is 15.4. The van der Waals surface area contributed by atoms with Gasteiger partial charge in [0.2, 0.25) is 0 Å². The maximum Gasteiger partial charge on any atom is 0.0158 e. The minimum Gasteiger partial charge on any atom is -0.297 e. The van der Waals surface area contributed by atoms with Crippen molar-refractivity contribution in [3.8, 4) is 0 Å². The lowest BCUT2D eigenvalue weighted by Gasteiger charge is -2.44. The Hall–Kier alpha value is -0.0400. The van der Waals surface area contributed by atoms with Gasteiger partial charge in [-0.1, -0.05) is 48.0 Å². The van der Waals surface area contributed by atoms with Gasteiger partial charge in [-0.15, -0.1) is 0 Å². The molecule has 0 N–H and O–H groups in total. The highest BCUT2D eigenvalue weighted by molar-refractivity contribution is 4.99. The molecule has 1 nitrogen and oxygen atoms in total. The van der Waals surface area contributed by atoms with Crippen molar-refractivity contribution in [1.82, 2.24) is 4.90 Å². The van der Waals surface area contributed by atoms with Crippen LogP contribution in [-0.4, -0.2) is 23.5 Å². The largest absolute Gasteiger partial charge is 0.297 e. The molecule has 0 aliphatic carbocycles. The van der Waals surface area contributed by atoms with E-state index in [1.165, 1.54) is 32.2 Å². The highest BCUT2D eigenvalue weighted by Crippen LogP contribution is 2.44. The molecular formula is C18H35N. The van der Waals surface area contributed by atoms with Crippen LogP contribution >= 0.6 is 0 Å². The average molecular weight is 265 g/mol. The predicted octanol–water partition coefficient (Wildman–Crippen LogP) is 4.81. The lowest BCUT2D eigenvalue weighted by molar-refractivity contribution is 0.0404. The molecule has 112 valence electrons. The average Bonchev–Trinajstić information content (AvgIpc) is 2.66. The fourth-order valence-electron chi connectivity index (χ4n) is 5.02. The molecule has 2 fully saturated rings. The molecule has 0 amide bonds. The van der Waals surface area contributed by atoms with Gasteiger partial charge in [-0.05, 0) is 48.9 Å². The second kappa shape index (κ2) is 6.16. The standard InChI is InChI=1S/C18H35N/c1-7-14(5)17(12(2)3)18-15(6)10-16-9-8-13(4)11-19(16)18/h12-18H,7-11H2,1-6H3. The van der Waals surface area contributed by atoms with Crippen LogP contribution < -0.4 is 0 Å². The van der Waals surface area contributed by atoms with Crippen LogP contribution in [0.4, 0.5) is 0 Å². The van der Waals surface area contributed by atoms with E-state index in [1.54, 1.807) is 0 Å². The van der Waals surface area contributed by atoms with Crippen LogP contribution in [0.5, 0.6) is 0 Å². The van der Waals surface area contributed by atoms with Crippen LogP contribution in [0, 0.1) is 29.6 Å². The van der Waals surface area contributed by atoms with Crippen molar-refractivity contribution < 1.29 is 0 Å². The fourth-order valence-corrected chi connectivity index (χ4v) is 5.02. The van der Waals surface area contributed by atoms with Gasteiger partial charge in [0, 0.05) is 18.6 Å². The Balaban J connectivity index is 2.19. The van der Waals surface area contributed by atoms with Gasteiger partial charge in [-0.3, -0.25) is 4.90 Å². The molecule has 6 atom stereocenters. The number of piperidine rings is 1. The van der Waals surface area contributed by atoms with Crippen molar-refractivity contribution in [1.29, 1.82) is 0 Å². The van der Waals surface area contributed by atoms with E-state index >= 15 is 0 Å². The van der Waals surface area contributed by atoms with E-state index in [-0.39, 0.29) is 0 Å². The predicted molar refractivity (Wildman–Crippen MR) is 84.2 cm³/mol. The molecule has 1 heteroatoms. The summed E-state index contributed by atoms with van der Waals surface area (Å²) in [5.41, 5.74) is 0. The van der Waals surface area contributed by atoms with E-state index in [9.17, 15) is 0 Å². The van der Waals surface area contributed by atoms with Gasteiger partial charge in [-0.2, -0.15) is 0 Å². The summed E-state index contributed by atoms with van der Waals surface area (Å²) in [6.07, 6.45) is 5.70. The van der Waals surface area contributed by atoms with Gasteiger partial charge in [0.15, 0.2) is 0 Å². The Labute approximate surface area is 121 Å². The van der Waals surface area contributed by atoms with Crippen molar-refractivity contribution in [2.75, 3.05) is 6.54 Å². The zero-order chi connectivity index (χ0) is 14.2. The van der Waals surface area contributed by atoms with E-state index < -0.39 is 0 Å². The summed E-state index contributed by atoms with van der Waals surface area (Å²) in [5, 5.41) is 0. The van der Waals surface area contributed by atoms with Crippen LogP contribution in [0.15, 0.2) is 0 Å². The summed E-state index contributed by atoms with van der Waals surface area (Å²) >= 11 is 0. The Morgan fingerprint density at radius 1 is 1.11 bits per heavy atom. The Morgan fingerprint density at radius 2 is 1.79 bits per heavy atom. The summed E-state index contributed by atoms with van der Waals surface area (Å²) in [5.74, 6) is 4.38. The third-order valence-electron chi connectivity index (χ3n) is 6.06. The van der Waals surface area contributed by atoms with Crippen LogP contribution in [0.1, 0.15) is 67.2 Å². The third-order valence-corrected chi connectivity index (χ3v) is 6.06. The van der Waals surface area contributed by atoms with E-state index in [1.807, 2.05) is 0 Å². The molecule has 0 aromatic rings. The van der Waals surface area contributed by atoms with Crippen molar-refractivity contribution in [2.24, 2.45) is 29.6 Å². The molecule has 0 radical (unpaired) electrons. The molecule has 0 spiro atoms. The third kappa shape index (κ3) is 3.01. The first-order valence-electron chi connectivity index (χ1n) is 8.71. The Bertz CT molecular complexity index is 285. The number of hydrogen-bond donors (Lipinski definition) is 0. The van der Waals surface area contributed by atoms with Crippen LogP contribution in [0.25, 0.3) is 0 Å². The summed E-state index contributed by atoms with van der Waals surface area (Å²) in [7, 11) is 0. The summed E-state index contributed by atoms with van der Waals surface area (Å²) in [6, 6.07) is 1.75. The molecule has 2 rings (SSSR count). The number of hydrogen-bond acceptors (Lipinski definition) is 1. The molecule has 6 unspecified atom stereocenters. The zero-order valence-electron chi connectivity index (χ0n) is 14.0. The minimum atomic E-state index is 0.818. The van der Waals surface area contributed by atoms with Gasteiger partial charge in [0.1, 0.15) is 0 Å². The van der Waals surface area contributed by atoms with Crippen molar-refractivity contribution in [3.05, 3.63) is 0 Å². The Morgan fingerprint density at radius 3 is 2.37 bits per heavy atom. The molecule has 2 saturated heterocycles. The highest BCUT2D eigenvalue weighted by Gasteiger charge is 2.46. The van der Waals surface area contributed by atoms with Crippen LogP contribution in [0.2, 0.25) is 0 Å².